The van der Waals surface area contributed by atoms with E-state index < -0.39 is 0 Å². The van der Waals surface area contributed by atoms with E-state index in [1.807, 2.05) is 28.8 Å². The maximum Gasteiger partial charge on any atom is 0.230 e. The van der Waals surface area contributed by atoms with Gasteiger partial charge in [0.25, 0.3) is 0 Å². The Hall–Kier alpha value is -1.57. The highest BCUT2D eigenvalue weighted by atomic mass is 35.5. The smallest absolute Gasteiger partial charge is 0.230 e. The van der Waals surface area contributed by atoms with Crippen molar-refractivity contribution in [3.63, 3.8) is 0 Å². The molecule has 0 spiro atoms. The highest BCUT2D eigenvalue weighted by Crippen LogP contribution is 2.49. The van der Waals surface area contributed by atoms with Crippen LogP contribution in [0.25, 0.3) is 11.4 Å². The number of nitrogens with one attached hydrogen (secondary N) is 1. The second-order valence-corrected chi connectivity index (χ2v) is 10.1. The predicted molar refractivity (Wildman–Crippen MR) is 124 cm³/mol. The van der Waals surface area contributed by atoms with Gasteiger partial charge in [0.1, 0.15) is 0 Å². The van der Waals surface area contributed by atoms with E-state index in [1.165, 1.54) is 37.4 Å². The number of amides is 1. The number of aromatic nitrogens is 3. The van der Waals surface area contributed by atoms with E-state index in [0.717, 1.165) is 34.8 Å². The minimum atomic E-state index is 0.0611. The maximum absolute atomic E-state index is 12.7. The van der Waals surface area contributed by atoms with Crippen molar-refractivity contribution in [1.82, 2.24) is 20.1 Å². The quantitative estimate of drug-likeness (QED) is 0.410. The molecule has 168 valence electrons. The molecule has 2 aliphatic rings. The fourth-order valence-electron chi connectivity index (χ4n) is 5.24. The number of halogens is 1. The van der Waals surface area contributed by atoms with Gasteiger partial charge in [-0.05, 0) is 62.5 Å². The average Bonchev–Trinajstić information content (AvgIpc) is 3.49. The summed E-state index contributed by atoms with van der Waals surface area (Å²) in [6, 6.07) is 7.86. The number of hydrogen-bond acceptors (Lipinski definition) is 5. The Balaban J connectivity index is 1.40. The number of methoxy groups -OCH3 is 1. The van der Waals surface area contributed by atoms with Crippen LogP contribution in [0.4, 0.5) is 0 Å². The first kappa shape index (κ1) is 22.6. The van der Waals surface area contributed by atoms with Crippen LogP contribution in [0, 0.1) is 17.8 Å². The van der Waals surface area contributed by atoms with Crippen LogP contribution in [0.3, 0.4) is 0 Å². The van der Waals surface area contributed by atoms with Gasteiger partial charge in [0.15, 0.2) is 11.0 Å². The summed E-state index contributed by atoms with van der Waals surface area (Å²) >= 11 is 7.83. The Morgan fingerprint density at radius 2 is 2.16 bits per heavy atom. The molecule has 1 aromatic carbocycles. The first-order valence-corrected chi connectivity index (χ1v) is 12.5. The van der Waals surface area contributed by atoms with Crippen molar-refractivity contribution in [2.75, 3.05) is 19.5 Å². The number of nitrogens with zero attached hydrogens (tertiary/aromatic N) is 3. The van der Waals surface area contributed by atoms with Gasteiger partial charge in [0.05, 0.1) is 10.8 Å². The number of hydrogen-bond donors (Lipinski definition) is 1. The van der Waals surface area contributed by atoms with Gasteiger partial charge in [0, 0.05) is 31.9 Å². The van der Waals surface area contributed by atoms with E-state index in [2.05, 4.69) is 22.4 Å². The van der Waals surface area contributed by atoms with Crippen LogP contribution < -0.4 is 5.32 Å². The van der Waals surface area contributed by atoms with Crippen LogP contribution in [-0.4, -0.2) is 46.2 Å². The molecule has 2 saturated carbocycles. The fraction of sp³-hybridized carbons (Fsp3) is 0.609. The van der Waals surface area contributed by atoms with E-state index in [-0.39, 0.29) is 11.9 Å². The molecule has 1 N–H and O–H groups in total. The Labute approximate surface area is 193 Å². The summed E-state index contributed by atoms with van der Waals surface area (Å²) in [6.07, 6.45) is 6.17. The van der Waals surface area contributed by atoms with E-state index in [9.17, 15) is 4.79 Å². The van der Waals surface area contributed by atoms with Crippen LogP contribution in [0.1, 0.15) is 39.0 Å². The first-order valence-electron chi connectivity index (χ1n) is 11.2. The number of fused-ring (bicyclic) bond motifs is 2. The molecule has 2 aliphatic carbocycles. The molecule has 0 radical (unpaired) electrons. The topological polar surface area (TPSA) is 69.0 Å². The van der Waals surface area contributed by atoms with Crippen LogP contribution in [0.5, 0.6) is 0 Å². The lowest BCUT2D eigenvalue weighted by molar-refractivity contribution is -0.119. The minimum absolute atomic E-state index is 0.0611. The summed E-state index contributed by atoms with van der Waals surface area (Å²) in [5.74, 6) is 3.44. The normalized spacial score (nSPS) is 23.3. The average molecular weight is 463 g/mol. The summed E-state index contributed by atoms with van der Waals surface area (Å²) < 4.78 is 7.25. The first-order chi connectivity index (χ1) is 15.1. The van der Waals surface area contributed by atoms with Crippen molar-refractivity contribution >= 4 is 29.3 Å². The Kier molecular flexibility index (Phi) is 7.56. The third kappa shape index (κ3) is 5.26. The molecule has 8 heteroatoms. The molecule has 2 fully saturated rings. The molecular weight excluding hydrogens is 432 g/mol. The van der Waals surface area contributed by atoms with E-state index in [1.54, 1.807) is 7.11 Å². The van der Waals surface area contributed by atoms with E-state index >= 15 is 0 Å². The SMILES string of the molecule is COCCCn1c(SCC(=O)NC(C)C2CC3CCC2C3)nnc1-c1ccccc1Cl. The van der Waals surface area contributed by atoms with Gasteiger partial charge in [-0.3, -0.25) is 4.79 Å². The predicted octanol–water partition coefficient (Wildman–Crippen LogP) is 4.67. The standard InChI is InChI=1S/C23H31ClN4O2S/c1-15(19-13-16-8-9-17(19)12-16)25-21(29)14-31-23-27-26-22(28(23)10-5-11-30-2)18-6-3-4-7-20(18)24/h3-4,6-7,15-17,19H,5,8-14H2,1-2H3,(H,25,29). The fourth-order valence-corrected chi connectivity index (χ4v) is 6.24. The lowest BCUT2D eigenvalue weighted by Crippen LogP contribution is -2.40. The monoisotopic (exact) mass is 462 g/mol. The van der Waals surface area contributed by atoms with Crippen molar-refractivity contribution in [3.05, 3.63) is 29.3 Å². The number of ether oxygens (including phenoxy) is 1. The summed E-state index contributed by atoms with van der Waals surface area (Å²) in [4.78, 5) is 12.7. The van der Waals surface area contributed by atoms with Gasteiger partial charge in [-0.15, -0.1) is 10.2 Å². The molecule has 4 atom stereocenters. The highest BCUT2D eigenvalue weighted by Gasteiger charge is 2.42. The van der Waals surface area contributed by atoms with Crippen LogP contribution in [0.2, 0.25) is 5.02 Å². The van der Waals surface area contributed by atoms with Crippen molar-refractivity contribution in [3.8, 4) is 11.4 Å². The van der Waals surface area contributed by atoms with Crippen molar-refractivity contribution < 1.29 is 9.53 Å². The van der Waals surface area contributed by atoms with Gasteiger partial charge in [-0.1, -0.05) is 41.9 Å². The van der Waals surface area contributed by atoms with Gasteiger partial charge in [-0.25, -0.2) is 0 Å². The van der Waals surface area contributed by atoms with E-state index in [0.29, 0.717) is 29.8 Å². The zero-order valence-electron chi connectivity index (χ0n) is 18.2. The number of carbonyl (C=O) groups excluding carboxylic acids is 1. The maximum atomic E-state index is 12.7. The van der Waals surface area contributed by atoms with Crippen LogP contribution in [-0.2, 0) is 16.1 Å². The molecule has 0 saturated heterocycles. The van der Waals surface area contributed by atoms with Crippen LogP contribution >= 0.6 is 23.4 Å². The van der Waals surface area contributed by atoms with Crippen molar-refractivity contribution in [2.45, 2.75) is 56.8 Å². The molecule has 1 heterocycles. The lowest BCUT2D eigenvalue weighted by Gasteiger charge is -2.28. The number of carbonyl (C=O) groups is 1. The molecule has 1 amide bonds. The second kappa shape index (κ2) is 10.4. The van der Waals surface area contributed by atoms with Crippen molar-refractivity contribution in [2.24, 2.45) is 17.8 Å². The molecular formula is C23H31ClN4O2S. The van der Waals surface area contributed by atoms with Gasteiger partial charge >= 0.3 is 0 Å². The molecule has 1 aromatic heterocycles. The molecule has 2 aromatic rings. The van der Waals surface area contributed by atoms with Gasteiger partial charge < -0.3 is 14.6 Å². The number of thioether (sulfide) groups is 1. The zero-order valence-corrected chi connectivity index (χ0v) is 19.8. The summed E-state index contributed by atoms with van der Waals surface area (Å²) in [5, 5.41) is 13.4. The highest BCUT2D eigenvalue weighted by molar-refractivity contribution is 7.99. The third-order valence-corrected chi connectivity index (χ3v) is 8.01. The van der Waals surface area contributed by atoms with Crippen LogP contribution in [0.15, 0.2) is 29.4 Å². The molecule has 0 aliphatic heterocycles. The van der Waals surface area contributed by atoms with E-state index in [4.69, 9.17) is 16.3 Å². The molecule has 4 rings (SSSR count). The number of benzene rings is 1. The Morgan fingerprint density at radius 3 is 2.87 bits per heavy atom. The zero-order chi connectivity index (χ0) is 21.8. The summed E-state index contributed by atoms with van der Waals surface area (Å²) in [5.41, 5.74) is 0.843. The summed E-state index contributed by atoms with van der Waals surface area (Å²) in [7, 11) is 1.69. The minimum Gasteiger partial charge on any atom is -0.385 e. The largest absolute Gasteiger partial charge is 0.385 e. The van der Waals surface area contributed by atoms with Gasteiger partial charge in [-0.2, -0.15) is 0 Å². The molecule has 6 nitrogen and oxygen atoms in total. The Bertz CT molecular complexity index is 905. The molecule has 4 unspecified atom stereocenters. The molecule has 2 bridgehead atoms. The Morgan fingerprint density at radius 1 is 1.32 bits per heavy atom. The molecule has 31 heavy (non-hydrogen) atoms. The van der Waals surface area contributed by atoms with Crippen molar-refractivity contribution in [1.29, 1.82) is 0 Å². The van der Waals surface area contributed by atoms with Gasteiger partial charge in [0.2, 0.25) is 5.91 Å². The number of rotatable bonds is 10. The third-order valence-electron chi connectivity index (χ3n) is 6.72. The second-order valence-electron chi connectivity index (χ2n) is 8.77. The summed E-state index contributed by atoms with van der Waals surface area (Å²) in [6.45, 7) is 3.51. The lowest BCUT2D eigenvalue weighted by atomic mass is 9.84.